The third-order valence-electron chi connectivity index (χ3n) is 5.87. The molecule has 2 aromatic heterocycles. The van der Waals surface area contributed by atoms with Gasteiger partial charge in [0.25, 0.3) is 0 Å². The molecule has 2 aliphatic rings. The van der Waals surface area contributed by atoms with E-state index in [0.717, 1.165) is 51.7 Å². The zero-order valence-corrected chi connectivity index (χ0v) is 16.5. The van der Waals surface area contributed by atoms with Gasteiger partial charge in [-0.25, -0.2) is 0 Å². The number of hydrogen-bond donors (Lipinski definition) is 0. The third-order valence-corrected chi connectivity index (χ3v) is 6.76. The van der Waals surface area contributed by atoms with Crippen LogP contribution in [0, 0.1) is 0 Å². The maximum atomic E-state index is 11.8. The van der Waals surface area contributed by atoms with Crippen molar-refractivity contribution >= 4 is 33.2 Å². The molecule has 0 atom stereocenters. The van der Waals surface area contributed by atoms with E-state index in [2.05, 4.69) is 27.4 Å². The van der Waals surface area contributed by atoms with Crippen molar-refractivity contribution in [2.75, 3.05) is 26.2 Å². The average Bonchev–Trinajstić information content (AvgIpc) is 3.16. The number of pyridine rings is 1. The lowest BCUT2D eigenvalue weighted by atomic mass is 9.91. The Kier molecular flexibility index (Phi) is 5.83. The zero-order valence-electron chi connectivity index (χ0n) is 15.7. The van der Waals surface area contributed by atoms with Gasteiger partial charge in [-0.15, -0.1) is 11.3 Å². The molecule has 2 fully saturated rings. The van der Waals surface area contributed by atoms with Crippen molar-refractivity contribution in [3.63, 3.8) is 0 Å². The Labute approximate surface area is 164 Å². The van der Waals surface area contributed by atoms with Crippen molar-refractivity contribution in [3.05, 3.63) is 29.4 Å². The summed E-state index contributed by atoms with van der Waals surface area (Å²) in [5.74, 6) is 0.590. The van der Waals surface area contributed by atoms with E-state index in [-0.39, 0.29) is 11.8 Å². The van der Waals surface area contributed by atoms with Crippen LogP contribution in [0.15, 0.2) is 23.7 Å². The lowest BCUT2D eigenvalue weighted by molar-refractivity contribution is -0.148. The SMILES string of the molecule is O=C1CCCC(=O)N1CCCCN1CCC(c2nccc3sccc23)CC1. The number of fused-ring (bicyclic) bond motifs is 1. The van der Waals surface area contributed by atoms with Crippen LogP contribution in [-0.2, 0) is 9.59 Å². The van der Waals surface area contributed by atoms with Gasteiger partial charge in [0, 0.05) is 41.6 Å². The summed E-state index contributed by atoms with van der Waals surface area (Å²) in [5, 5.41) is 3.49. The van der Waals surface area contributed by atoms with Gasteiger partial charge in [0.05, 0.1) is 5.69 Å². The van der Waals surface area contributed by atoms with Crippen LogP contribution in [-0.4, -0.2) is 52.8 Å². The fourth-order valence-corrected chi connectivity index (χ4v) is 5.12. The molecule has 5 nitrogen and oxygen atoms in total. The Hall–Kier alpha value is -1.79. The molecule has 144 valence electrons. The molecule has 0 aromatic carbocycles. The average molecular weight is 386 g/mol. The van der Waals surface area contributed by atoms with Crippen LogP contribution in [0.25, 0.3) is 10.1 Å². The lowest BCUT2D eigenvalue weighted by Gasteiger charge is -2.32. The molecular formula is C21H27N3O2S. The number of piperidine rings is 2. The Bertz CT molecular complexity index is 795. The number of thiophene rings is 1. The van der Waals surface area contributed by atoms with Crippen molar-refractivity contribution in [2.24, 2.45) is 0 Å². The highest BCUT2D eigenvalue weighted by atomic mass is 32.1. The van der Waals surface area contributed by atoms with Gasteiger partial charge < -0.3 is 4.90 Å². The maximum absolute atomic E-state index is 11.8. The Morgan fingerprint density at radius 1 is 1.04 bits per heavy atom. The standard InChI is InChI=1S/C21H27N3O2S/c25-19-4-3-5-20(26)24(19)12-2-1-11-23-13-7-16(8-14-23)21-17-9-15-27-18(17)6-10-22-21/h6,9-10,15-16H,1-5,7-8,11-14H2. The van der Waals surface area contributed by atoms with Gasteiger partial charge in [-0.1, -0.05) is 0 Å². The predicted octanol–water partition coefficient (Wildman–Crippen LogP) is 3.80. The summed E-state index contributed by atoms with van der Waals surface area (Å²) in [6, 6.07) is 4.31. The molecule has 0 saturated carbocycles. The van der Waals surface area contributed by atoms with Crippen LogP contribution in [0.1, 0.15) is 56.6 Å². The smallest absolute Gasteiger partial charge is 0.229 e. The summed E-state index contributed by atoms with van der Waals surface area (Å²) in [6.07, 6.45) is 8.00. The molecule has 0 N–H and O–H groups in total. The number of unbranched alkanes of at least 4 members (excludes halogenated alkanes) is 1. The highest BCUT2D eigenvalue weighted by molar-refractivity contribution is 7.17. The topological polar surface area (TPSA) is 53.5 Å². The lowest BCUT2D eigenvalue weighted by Crippen LogP contribution is -2.41. The highest BCUT2D eigenvalue weighted by Crippen LogP contribution is 2.33. The van der Waals surface area contributed by atoms with Crippen LogP contribution >= 0.6 is 11.3 Å². The minimum atomic E-state index is 0.0159. The molecule has 27 heavy (non-hydrogen) atoms. The number of nitrogens with zero attached hydrogens (tertiary/aromatic N) is 3. The summed E-state index contributed by atoms with van der Waals surface area (Å²) >= 11 is 1.79. The third kappa shape index (κ3) is 4.22. The zero-order chi connectivity index (χ0) is 18.6. The van der Waals surface area contributed by atoms with Gasteiger partial charge in [-0.3, -0.25) is 19.5 Å². The molecule has 2 amide bonds. The monoisotopic (exact) mass is 385 g/mol. The van der Waals surface area contributed by atoms with Crippen molar-refractivity contribution in [2.45, 2.75) is 50.9 Å². The van der Waals surface area contributed by atoms with Crippen molar-refractivity contribution in [1.29, 1.82) is 0 Å². The van der Waals surface area contributed by atoms with Crippen LogP contribution in [0.4, 0.5) is 0 Å². The van der Waals surface area contributed by atoms with Crippen molar-refractivity contribution in [1.82, 2.24) is 14.8 Å². The molecule has 0 bridgehead atoms. The fourth-order valence-electron chi connectivity index (χ4n) is 4.33. The number of hydrogen-bond acceptors (Lipinski definition) is 5. The van der Waals surface area contributed by atoms with Gasteiger partial charge in [0.1, 0.15) is 0 Å². The summed E-state index contributed by atoms with van der Waals surface area (Å²) in [4.78, 5) is 32.4. The summed E-state index contributed by atoms with van der Waals surface area (Å²) in [5.41, 5.74) is 1.27. The maximum Gasteiger partial charge on any atom is 0.229 e. The summed E-state index contributed by atoms with van der Waals surface area (Å²) in [6.45, 7) is 3.86. The second-order valence-electron chi connectivity index (χ2n) is 7.64. The fraction of sp³-hybridized carbons (Fsp3) is 0.571. The number of aromatic nitrogens is 1. The molecule has 2 aliphatic heterocycles. The van der Waals surface area contributed by atoms with E-state index in [1.165, 1.54) is 20.7 Å². The van der Waals surface area contributed by atoms with Crippen molar-refractivity contribution in [3.8, 4) is 0 Å². The van der Waals surface area contributed by atoms with E-state index in [4.69, 9.17) is 0 Å². The Balaban J connectivity index is 1.21. The molecule has 4 rings (SSSR count). The number of amides is 2. The molecule has 4 heterocycles. The minimum Gasteiger partial charge on any atom is -0.303 e. The summed E-state index contributed by atoms with van der Waals surface area (Å²) in [7, 11) is 0. The van der Waals surface area contributed by atoms with E-state index in [1.807, 2.05) is 6.20 Å². The predicted molar refractivity (Wildman–Crippen MR) is 108 cm³/mol. The molecule has 2 aromatic rings. The number of carbonyl (C=O) groups is 2. The van der Waals surface area contributed by atoms with Crippen LogP contribution in [0.3, 0.4) is 0 Å². The van der Waals surface area contributed by atoms with Crippen LogP contribution in [0.5, 0.6) is 0 Å². The quantitative estimate of drug-likeness (QED) is 0.561. The van der Waals surface area contributed by atoms with E-state index in [1.54, 1.807) is 11.3 Å². The number of carbonyl (C=O) groups excluding carboxylic acids is 2. The first kappa shape index (κ1) is 18.6. The molecule has 2 saturated heterocycles. The van der Waals surface area contributed by atoms with E-state index in [0.29, 0.717) is 25.3 Å². The van der Waals surface area contributed by atoms with Crippen LogP contribution < -0.4 is 0 Å². The molecule has 0 radical (unpaired) electrons. The second-order valence-corrected chi connectivity index (χ2v) is 8.59. The molecule has 0 spiro atoms. The van der Waals surface area contributed by atoms with Gasteiger partial charge in [0.2, 0.25) is 11.8 Å². The molecule has 6 heteroatoms. The van der Waals surface area contributed by atoms with Gasteiger partial charge in [-0.05, 0) is 69.3 Å². The number of imide groups is 1. The molecular weight excluding hydrogens is 358 g/mol. The first-order chi connectivity index (χ1) is 13.2. The first-order valence-electron chi connectivity index (χ1n) is 10.1. The summed E-state index contributed by atoms with van der Waals surface area (Å²) < 4.78 is 1.34. The Morgan fingerprint density at radius 2 is 1.78 bits per heavy atom. The van der Waals surface area contributed by atoms with Crippen LogP contribution in [0.2, 0.25) is 0 Å². The second kappa shape index (κ2) is 8.48. The minimum absolute atomic E-state index is 0.0159. The normalized spacial score (nSPS) is 19.9. The largest absolute Gasteiger partial charge is 0.303 e. The highest BCUT2D eigenvalue weighted by Gasteiger charge is 2.26. The van der Waals surface area contributed by atoms with Gasteiger partial charge in [0.15, 0.2) is 0 Å². The van der Waals surface area contributed by atoms with E-state index >= 15 is 0 Å². The van der Waals surface area contributed by atoms with Gasteiger partial charge >= 0.3 is 0 Å². The van der Waals surface area contributed by atoms with E-state index in [9.17, 15) is 9.59 Å². The molecule has 0 unspecified atom stereocenters. The number of rotatable bonds is 6. The molecule has 0 aliphatic carbocycles. The van der Waals surface area contributed by atoms with Crippen molar-refractivity contribution < 1.29 is 9.59 Å². The van der Waals surface area contributed by atoms with E-state index < -0.39 is 0 Å². The van der Waals surface area contributed by atoms with Gasteiger partial charge in [-0.2, -0.15) is 0 Å². The Morgan fingerprint density at radius 3 is 2.56 bits per heavy atom. The first-order valence-corrected chi connectivity index (χ1v) is 11.0. The number of likely N-dealkylation sites (tertiary alicyclic amines) is 2.